The van der Waals surface area contributed by atoms with Crippen molar-refractivity contribution in [1.29, 1.82) is 0 Å². The fourth-order valence-electron chi connectivity index (χ4n) is 3.69. The van der Waals surface area contributed by atoms with Gasteiger partial charge in [0.05, 0.1) is 5.69 Å². The minimum Gasteiger partial charge on any atom is -0.508 e. The third-order valence-electron chi connectivity index (χ3n) is 5.28. The molecular weight excluding hydrogens is 385 g/mol. The normalized spacial score (nSPS) is 14.4. The van der Waals surface area contributed by atoms with Crippen LogP contribution in [0.4, 0.5) is 21.8 Å². The molecule has 1 aliphatic rings. The van der Waals surface area contributed by atoms with Crippen molar-refractivity contribution in [2.75, 3.05) is 41.7 Å². The smallest absolute Gasteiger partial charge is 0.229 e. The van der Waals surface area contributed by atoms with Gasteiger partial charge in [-0.05, 0) is 42.5 Å². The highest BCUT2D eigenvalue weighted by Gasteiger charge is 2.22. The first-order valence-corrected chi connectivity index (χ1v) is 9.64. The monoisotopic (exact) mass is 405 g/mol. The molecule has 2 aromatic carbocycles. The number of phenolic OH excluding ortho intramolecular Hbond substituents is 1. The van der Waals surface area contributed by atoms with Gasteiger partial charge < -0.3 is 20.6 Å². The summed E-state index contributed by atoms with van der Waals surface area (Å²) in [6.45, 7) is 3.02. The summed E-state index contributed by atoms with van der Waals surface area (Å²) in [4.78, 5) is 17.8. The predicted octanol–water partition coefficient (Wildman–Crippen LogP) is 2.57. The van der Waals surface area contributed by atoms with E-state index in [0.29, 0.717) is 28.6 Å². The Morgan fingerprint density at radius 3 is 2.37 bits per heavy atom. The van der Waals surface area contributed by atoms with Crippen LogP contribution in [0.1, 0.15) is 0 Å². The number of aromatic hydroxyl groups is 1. The minimum atomic E-state index is -0.332. The second-order valence-electron chi connectivity index (χ2n) is 7.17. The Balaban J connectivity index is 1.42. The maximum atomic E-state index is 13.7. The highest BCUT2D eigenvalue weighted by Crippen LogP contribution is 2.25. The first-order chi connectivity index (χ1) is 14.6. The Hall–Kier alpha value is -3.88. The van der Waals surface area contributed by atoms with E-state index in [-0.39, 0.29) is 11.6 Å². The van der Waals surface area contributed by atoms with Gasteiger partial charge in [-0.25, -0.2) is 9.37 Å². The lowest BCUT2D eigenvalue weighted by atomic mass is 10.2. The zero-order valence-corrected chi connectivity index (χ0v) is 16.1. The number of piperazine rings is 1. The van der Waals surface area contributed by atoms with Gasteiger partial charge in [0, 0.05) is 31.9 Å². The summed E-state index contributed by atoms with van der Waals surface area (Å²) in [5.41, 5.74) is 8.88. The number of hydrogen-bond donors (Lipinski definition) is 2. The number of nitrogen functional groups attached to an aromatic ring is 1. The van der Waals surface area contributed by atoms with Crippen molar-refractivity contribution in [3.8, 4) is 11.4 Å². The standard InChI is InChI=1S/C21H20FN7O/c22-14-2-1-3-16(12-14)29-13-24-18-19(23)25-21(26-20(18)29)28-10-8-27(9-11-28)15-4-6-17(30)7-5-15/h1-7,12-13,30H,8-11H2,(H2,23,25,26). The van der Waals surface area contributed by atoms with E-state index in [4.69, 9.17) is 10.7 Å². The molecule has 0 amide bonds. The summed E-state index contributed by atoms with van der Waals surface area (Å²) >= 11 is 0. The molecule has 30 heavy (non-hydrogen) atoms. The molecule has 2 aromatic heterocycles. The molecule has 0 aliphatic carbocycles. The van der Waals surface area contributed by atoms with Gasteiger partial charge in [-0.1, -0.05) is 6.07 Å². The van der Waals surface area contributed by atoms with Crippen LogP contribution in [0, 0.1) is 5.82 Å². The quantitative estimate of drug-likeness (QED) is 0.541. The average molecular weight is 405 g/mol. The fraction of sp³-hybridized carbons (Fsp3) is 0.190. The van der Waals surface area contributed by atoms with E-state index in [1.54, 1.807) is 35.2 Å². The van der Waals surface area contributed by atoms with Crippen molar-refractivity contribution >= 4 is 28.6 Å². The van der Waals surface area contributed by atoms with E-state index in [1.165, 1.54) is 12.1 Å². The maximum Gasteiger partial charge on any atom is 0.229 e. The molecule has 0 unspecified atom stereocenters. The lowest BCUT2D eigenvalue weighted by Gasteiger charge is -2.36. The number of hydrogen-bond acceptors (Lipinski definition) is 7. The molecule has 0 saturated carbocycles. The number of halogens is 1. The largest absolute Gasteiger partial charge is 0.508 e. The summed E-state index contributed by atoms with van der Waals surface area (Å²) in [5, 5.41) is 9.48. The van der Waals surface area contributed by atoms with Gasteiger partial charge in [-0.15, -0.1) is 0 Å². The maximum absolute atomic E-state index is 13.7. The summed E-state index contributed by atoms with van der Waals surface area (Å²) < 4.78 is 15.4. The number of rotatable bonds is 3. The molecule has 0 bridgehead atoms. The third kappa shape index (κ3) is 3.24. The second kappa shape index (κ2) is 7.18. The molecule has 8 nitrogen and oxygen atoms in total. The van der Waals surface area contributed by atoms with Crippen molar-refractivity contribution < 1.29 is 9.50 Å². The Bertz CT molecular complexity index is 1200. The van der Waals surface area contributed by atoms with Crippen LogP contribution < -0.4 is 15.5 Å². The van der Waals surface area contributed by atoms with E-state index in [2.05, 4.69) is 19.8 Å². The Labute approximate surface area is 172 Å². The number of benzene rings is 2. The SMILES string of the molecule is Nc1nc(N2CCN(c3ccc(O)cc3)CC2)nc2c1ncn2-c1cccc(F)c1. The predicted molar refractivity (Wildman–Crippen MR) is 114 cm³/mol. The second-order valence-corrected chi connectivity index (χ2v) is 7.17. The first-order valence-electron chi connectivity index (χ1n) is 9.64. The van der Waals surface area contributed by atoms with Crippen LogP contribution in [0.2, 0.25) is 0 Å². The third-order valence-corrected chi connectivity index (χ3v) is 5.28. The molecule has 0 atom stereocenters. The molecule has 5 rings (SSSR count). The molecule has 152 valence electrons. The van der Waals surface area contributed by atoms with E-state index >= 15 is 0 Å². The molecule has 3 N–H and O–H groups in total. The van der Waals surface area contributed by atoms with Crippen LogP contribution >= 0.6 is 0 Å². The van der Waals surface area contributed by atoms with Crippen molar-refractivity contribution in [3.05, 3.63) is 60.7 Å². The van der Waals surface area contributed by atoms with E-state index in [0.717, 1.165) is 31.9 Å². The zero-order valence-electron chi connectivity index (χ0n) is 16.1. The molecule has 0 spiro atoms. The van der Waals surface area contributed by atoms with Crippen molar-refractivity contribution in [2.24, 2.45) is 0 Å². The van der Waals surface area contributed by atoms with Crippen molar-refractivity contribution in [2.45, 2.75) is 0 Å². The van der Waals surface area contributed by atoms with Gasteiger partial charge in [0.15, 0.2) is 17.0 Å². The Kier molecular flexibility index (Phi) is 4.35. The van der Waals surface area contributed by atoms with E-state index < -0.39 is 0 Å². The number of aromatic nitrogens is 4. The van der Waals surface area contributed by atoms with Gasteiger partial charge in [0.1, 0.15) is 17.9 Å². The van der Waals surface area contributed by atoms with Crippen LogP contribution in [0.5, 0.6) is 5.75 Å². The number of phenols is 1. The zero-order chi connectivity index (χ0) is 20.7. The highest BCUT2D eigenvalue weighted by atomic mass is 19.1. The van der Waals surface area contributed by atoms with Gasteiger partial charge in [0.25, 0.3) is 0 Å². The number of anilines is 3. The van der Waals surface area contributed by atoms with Crippen LogP contribution in [0.25, 0.3) is 16.9 Å². The number of nitrogens with zero attached hydrogens (tertiary/aromatic N) is 6. The number of fused-ring (bicyclic) bond motifs is 1. The molecule has 4 aromatic rings. The molecule has 1 fully saturated rings. The van der Waals surface area contributed by atoms with Gasteiger partial charge in [-0.3, -0.25) is 4.57 Å². The fourth-order valence-corrected chi connectivity index (χ4v) is 3.69. The van der Waals surface area contributed by atoms with Crippen molar-refractivity contribution in [3.63, 3.8) is 0 Å². The van der Waals surface area contributed by atoms with Crippen LogP contribution in [0.15, 0.2) is 54.9 Å². The Morgan fingerprint density at radius 2 is 1.63 bits per heavy atom. The molecule has 0 radical (unpaired) electrons. The lowest BCUT2D eigenvalue weighted by molar-refractivity contribution is 0.475. The van der Waals surface area contributed by atoms with Crippen LogP contribution in [-0.2, 0) is 0 Å². The first kappa shape index (κ1) is 18.2. The molecule has 9 heteroatoms. The summed E-state index contributed by atoms with van der Waals surface area (Å²) in [6.07, 6.45) is 1.58. The van der Waals surface area contributed by atoms with E-state index in [9.17, 15) is 9.50 Å². The van der Waals surface area contributed by atoms with Crippen LogP contribution in [0.3, 0.4) is 0 Å². The molecule has 1 aliphatic heterocycles. The summed E-state index contributed by atoms with van der Waals surface area (Å²) in [6, 6.07) is 13.4. The Morgan fingerprint density at radius 1 is 0.900 bits per heavy atom. The molecule has 1 saturated heterocycles. The molecular formula is C21H20FN7O. The lowest BCUT2D eigenvalue weighted by Crippen LogP contribution is -2.47. The van der Waals surface area contributed by atoms with Gasteiger partial charge in [-0.2, -0.15) is 9.97 Å². The number of nitrogens with two attached hydrogens (primary N) is 1. The van der Waals surface area contributed by atoms with Gasteiger partial charge in [0.2, 0.25) is 5.95 Å². The summed E-state index contributed by atoms with van der Waals surface area (Å²) in [5.74, 6) is 0.751. The molecule has 3 heterocycles. The minimum absolute atomic E-state index is 0.254. The van der Waals surface area contributed by atoms with Gasteiger partial charge >= 0.3 is 0 Å². The summed E-state index contributed by atoms with van der Waals surface area (Å²) in [7, 11) is 0. The van der Waals surface area contributed by atoms with Crippen molar-refractivity contribution in [1.82, 2.24) is 19.5 Å². The average Bonchev–Trinajstić information content (AvgIpc) is 3.19. The number of imidazole rings is 1. The van der Waals surface area contributed by atoms with E-state index in [1.807, 2.05) is 12.1 Å². The highest BCUT2D eigenvalue weighted by molar-refractivity contribution is 5.84. The van der Waals surface area contributed by atoms with Crippen LogP contribution in [-0.4, -0.2) is 50.8 Å². The topological polar surface area (TPSA) is 96.3 Å².